The molecule has 0 radical (unpaired) electrons. The van der Waals surface area contributed by atoms with Crippen LogP contribution < -0.4 is 51.4 Å². The average Bonchev–Trinajstić information content (AvgIpc) is 1.85. The van der Waals surface area contributed by atoms with Crippen molar-refractivity contribution in [2.45, 2.75) is 5.92 Å². The second-order valence-electron chi connectivity index (χ2n) is 1.45. The van der Waals surface area contributed by atoms with Gasteiger partial charge < -0.3 is 5.11 Å². The topological polar surface area (TPSA) is 37.3 Å². The van der Waals surface area contributed by atoms with E-state index in [1.165, 1.54) is 0 Å². The Labute approximate surface area is 106 Å². The molecule has 0 saturated heterocycles. The first-order valence-electron chi connectivity index (χ1n) is 2.12. The summed E-state index contributed by atoms with van der Waals surface area (Å²) in [6.07, 6.45) is -3.34. The van der Waals surface area contributed by atoms with E-state index in [0.29, 0.717) is 0 Å². The molecule has 0 atom stereocenters. The van der Waals surface area contributed by atoms with Crippen molar-refractivity contribution < 1.29 is 83.2 Å². The summed E-state index contributed by atoms with van der Waals surface area (Å²) >= 11 is 0. The number of rotatable bonds is 2. The average molecular weight is 215 g/mol. The van der Waals surface area contributed by atoms with Gasteiger partial charge in [0.05, 0.1) is 0 Å². The molecule has 0 rings (SSSR count). The molecule has 0 aromatic carbocycles. The van der Waals surface area contributed by atoms with Crippen LogP contribution in [0.2, 0.25) is 0 Å². The second kappa shape index (κ2) is 5.27. The molecule has 1 N–H and O–H groups in total. The monoisotopic (exact) mass is 215 g/mol. The molecule has 0 aliphatic heterocycles. The van der Waals surface area contributed by atoms with Crippen LogP contribution in [0, 0.1) is 0 Å². The van der Waals surface area contributed by atoms with E-state index < -0.39 is 23.8 Å². The van der Waals surface area contributed by atoms with Crippen molar-refractivity contribution in [3.05, 3.63) is 11.9 Å². The van der Waals surface area contributed by atoms with Crippen LogP contribution in [-0.4, -0.2) is 17.0 Å². The van der Waals surface area contributed by atoms with Gasteiger partial charge in [0.15, 0.2) is 0 Å². The Morgan fingerprint density at radius 3 is 1.58 bits per heavy atom. The Hall–Kier alpha value is 0.496. The Kier molecular flexibility index (Phi) is 6.59. The van der Waals surface area contributed by atoms with Crippen LogP contribution in [0.4, 0.5) is 22.0 Å². The van der Waals surface area contributed by atoms with Crippen LogP contribution in [0.5, 0.6) is 0 Å². The number of carboxylic acids is 1. The Balaban J connectivity index is 0. The zero-order valence-electron chi connectivity index (χ0n) is 5.75. The predicted octanol–water partition coefficient (Wildman–Crippen LogP) is -1.21. The third kappa shape index (κ3) is 3.48. The quantitative estimate of drug-likeness (QED) is 0.463. The van der Waals surface area contributed by atoms with Crippen molar-refractivity contribution >= 4 is 5.97 Å². The molecular formula is C4HF5KO2+. The molecule has 0 aromatic heterocycles. The maximum Gasteiger partial charge on any atom is 1.00 e. The van der Waals surface area contributed by atoms with Gasteiger partial charge in [-0.2, -0.15) is 22.0 Å². The zero-order valence-corrected chi connectivity index (χ0v) is 8.87. The summed E-state index contributed by atoms with van der Waals surface area (Å²) in [6.45, 7) is 0. The minimum atomic E-state index is -5.14. The molecule has 64 valence electrons. The van der Waals surface area contributed by atoms with Crippen molar-refractivity contribution in [2.24, 2.45) is 0 Å². The number of carboxylic acid groups (broad SMARTS) is 1. The fourth-order valence-corrected chi connectivity index (χ4v) is 0.213. The molecule has 0 amide bonds. The maximum absolute atomic E-state index is 11.7. The summed E-state index contributed by atoms with van der Waals surface area (Å²) in [5, 5.41) is 7.50. The Morgan fingerprint density at radius 2 is 1.50 bits per heavy atom. The molecule has 0 spiro atoms. The van der Waals surface area contributed by atoms with Gasteiger partial charge in [-0.3, -0.25) is 0 Å². The smallest absolute Gasteiger partial charge is 0.476 e. The van der Waals surface area contributed by atoms with Gasteiger partial charge in [-0.25, -0.2) is 4.79 Å². The van der Waals surface area contributed by atoms with Crippen LogP contribution in [0.25, 0.3) is 0 Å². The molecule has 0 aliphatic carbocycles. The number of halogens is 5. The zero-order chi connectivity index (χ0) is 9.23. The van der Waals surface area contributed by atoms with E-state index >= 15 is 0 Å². The first-order valence-corrected chi connectivity index (χ1v) is 2.12. The minimum Gasteiger partial charge on any atom is -0.476 e. The molecule has 0 saturated carbocycles. The van der Waals surface area contributed by atoms with E-state index in [1.807, 2.05) is 0 Å². The van der Waals surface area contributed by atoms with E-state index in [4.69, 9.17) is 5.11 Å². The third-order valence-electron chi connectivity index (χ3n) is 0.710. The van der Waals surface area contributed by atoms with Gasteiger partial charge >= 0.3 is 69.4 Å². The number of hydrogen-bond donors (Lipinski definition) is 1. The van der Waals surface area contributed by atoms with Crippen molar-refractivity contribution in [3.8, 4) is 0 Å². The minimum absolute atomic E-state index is 0. The van der Waals surface area contributed by atoms with E-state index in [0.717, 1.165) is 0 Å². The van der Waals surface area contributed by atoms with Gasteiger partial charge in [-0.05, 0) is 0 Å². The first-order chi connectivity index (χ1) is 4.80. The number of aliphatic carboxylic acids is 1. The molecular weight excluding hydrogens is 214 g/mol. The van der Waals surface area contributed by atoms with Crippen LogP contribution >= 0.6 is 0 Å². The molecule has 2 nitrogen and oxygen atoms in total. The molecule has 0 bridgehead atoms. The van der Waals surface area contributed by atoms with Gasteiger partial charge in [0.25, 0.3) is 0 Å². The van der Waals surface area contributed by atoms with Crippen LogP contribution in [0.1, 0.15) is 0 Å². The SMILES string of the molecule is O=C(O)C(F)(F)C(F)=C(F)F.[K+]. The first kappa shape index (κ1) is 15.0. The number of carbonyl (C=O) groups is 1. The molecule has 0 heterocycles. The summed E-state index contributed by atoms with van der Waals surface area (Å²) < 4.78 is 57.0. The van der Waals surface area contributed by atoms with E-state index in [2.05, 4.69) is 0 Å². The largest absolute Gasteiger partial charge is 1.00 e. The summed E-state index contributed by atoms with van der Waals surface area (Å²) in [7, 11) is 0. The summed E-state index contributed by atoms with van der Waals surface area (Å²) in [5.41, 5.74) is 0. The summed E-state index contributed by atoms with van der Waals surface area (Å²) in [6, 6.07) is 0. The van der Waals surface area contributed by atoms with E-state index in [1.54, 1.807) is 0 Å². The molecule has 0 aromatic rings. The third-order valence-corrected chi connectivity index (χ3v) is 0.710. The van der Waals surface area contributed by atoms with Crippen molar-refractivity contribution in [2.75, 3.05) is 0 Å². The van der Waals surface area contributed by atoms with Gasteiger partial charge in [0, 0.05) is 0 Å². The molecule has 0 fully saturated rings. The van der Waals surface area contributed by atoms with Crippen molar-refractivity contribution in [1.29, 1.82) is 0 Å². The molecule has 0 unspecified atom stereocenters. The Morgan fingerprint density at radius 1 is 1.17 bits per heavy atom. The van der Waals surface area contributed by atoms with E-state index in [9.17, 15) is 26.7 Å². The van der Waals surface area contributed by atoms with Gasteiger partial charge in [0.1, 0.15) is 0 Å². The van der Waals surface area contributed by atoms with Gasteiger partial charge in [0.2, 0.25) is 5.83 Å². The summed E-state index contributed by atoms with van der Waals surface area (Å²) in [5.74, 6) is -11.3. The van der Waals surface area contributed by atoms with Crippen LogP contribution in [0.3, 0.4) is 0 Å². The standard InChI is InChI=1S/C4HF5O2.K/c5-1(2(6)7)4(8,9)3(10)11;/h(H,10,11);/q;+1. The van der Waals surface area contributed by atoms with Gasteiger partial charge in [-0.15, -0.1) is 0 Å². The predicted molar refractivity (Wildman–Crippen MR) is 22.9 cm³/mol. The molecule has 8 heteroatoms. The summed E-state index contributed by atoms with van der Waals surface area (Å²) in [4.78, 5) is 9.41. The van der Waals surface area contributed by atoms with E-state index in [-0.39, 0.29) is 51.4 Å². The van der Waals surface area contributed by atoms with Crippen LogP contribution in [0.15, 0.2) is 11.9 Å². The fraction of sp³-hybridized carbons (Fsp3) is 0.250. The molecule has 12 heavy (non-hydrogen) atoms. The van der Waals surface area contributed by atoms with Gasteiger partial charge in [-0.1, -0.05) is 0 Å². The van der Waals surface area contributed by atoms with Crippen molar-refractivity contribution in [1.82, 2.24) is 0 Å². The Bertz CT molecular complexity index is 209. The normalized spacial score (nSPS) is 10.1. The molecule has 0 aliphatic rings. The maximum atomic E-state index is 11.7. The fourth-order valence-electron chi connectivity index (χ4n) is 0.213. The second-order valence-corrected chi connectivity index (χ2v) is 1.45. The van der Waals surface area contributed by atoms with Crippen molar-refractivity contribution in [3.63, 3.8) is 0 Å². The van der Waals surface area contributed by atoms with Crippen LogP contribution in [-0.2, 0) is 4.79 Å². The number of hydrogen-bond acceptors (Lipinski definition) is 1. The number of alkyl halides is 2.